The fourth-order valence-electron chi connectivity index (χ4n) is 1.22. The van der Waals surface area contributed by atoms with Gasteiger partial charge in [0.25, 0.3) is 0 Å². The molecule has 0 spiro atoms. The number of nitrogens with two attached hydrogens (primary N) is 1. The monoisotopic (exact) mass is 210 g/mol. The quantitative estimate of drug-likeness (QED) is 0.756. The van der Waals surface area contributed by atoms with E-state index in [0.717, 1.165) is 5.56 Å². The Labute approximate surface area is 88.5 Å². The van der Waals surface area contributed by atoms with Crippen LogP contribution in [0.25, 0.3) is 0 Å². The highest BCUT2D eigenvalue weighted by atomic mass is 19.1. The van der Waals surface area contributed by atoms with Crippen molar-refractivity contribution >= 4 is 5.91 Å². The Bertz CT molecular complexity index is 311. The number of carbonyl (C=O) groups excluding carboxylic acids is 1. The van der Waals surface area contributed by atoms with E-state index in [4.69, 9.17) is 5.73 Å². The molecule has 0 saturated carbocycles. The minimum Gasteiger partial charge on any atom is -0.356 e. The summed E-state index contributed by atoms with van der Waals surface area (Å²) in [5, 5.41) is 2.73. The molecule has 0 unspecified atom stereocenters. The van der Waals surface area contributed by atoms with Crippen molar-refractivity contribution in [3.05, 3.63) is 35.6 Å². The minimum absolute atomic E-state index is 0.0420. The third kappa shape index (κ3) is 4.56. The standard InChI is InChI=1S/C11H15FN2O/c12-10-3-1-9(2-4-10)6-8-14-11(15)5-7-13/h1-4H,5-8,13H2,(H,14,15). The highest BCUT2D eigenvalue weighted by Gasteiger charge is 1.98. The zero-order valence-corrected chi connectivity index (χ0v) is 8.50. The summed E-state index contributed by atoms with van der Waals surface area (Å²) in [6.45, 7) is 0.923. The summed E-state index contributed by atoms with van der Waals surface area (Å²) >= 11 is 0. The normalized spacial score (nSPS) is 10.0. The molecule has 1 rings (SSSR count). The summed E-state index contributed by atoms with van der Waals surface area (Å²) in [5.41, 5.74) is 6.23. The van der Waals surface area contributed by atoms with Gasteiger partial charge in [0.1, 0.15) is 5.82 Å². The van der Waals surface area contributed by atoms with Crippen molar-refractivity contribution in [3.8, 4) is 0 Å². The molecule has 3 nitrogen and oxygen atoms in total. The van der Waals surface area contributed by atoms with Crippen LogP contribution >= 0.6 is 0 Å². The second kappa shape index (κ2) is 6.14. The molecule has 0 heterocycles. The van der Waals surface area contributed by atoms with Crippen LogP contribution in [0.1, 0.15) is 12.0 Å². The van der Waals surface area contributed by atoms with Gasteiger partial charge >= 0.3 is 0 Å². The van der Waals surface area contributed by atoms with Gasteiger partial charge in [-0.25, -0.2) is 4.39 Å². The van der Waals surface area contributed by atoms with Gasteiger partial charge in [0.05, 0.1) is 0 Å². The Morgan fingerprint density at radius 1 is 1.33 bits per heavy atom. The summed E-state index contributed by atoms with van der Waals surface area (Å²) < 4.78 is 12.6. The average molecular weight is 210 g/mol. The van der Waals surface area contributed by atoms with Gasteiger partial charge in [0, 0.05) is 19.5 Å². The van der Waals surface area contributed by atoms with Crippen LogP contribution in [0.2, 0.25) is 0 Å². The molecule has 0 saturated heterocycles. The fraction of sp³-hybridized carbons (Fsp3) is 0.364. The van der Waals surface area contributed by atoms with Crippen LogP contribution in [0.5, 0.6) is 0 Å². The molecule has 4 heteroatoms. The van der Waals surface area contributed by atoms with E-state index < -0.39 is 0 Å². The van der Waals surface area contributed by atoms with E-state index in [1.165, 1.54) is 12.1 Å². The average Bonchev–Trinajstić information content (AvgIpc) is 2.21. The number of carbonyl (C=O) groups is 1. The molecular formula is C11H15FN2O. The van der Waals surface area contributed by atoms with Crippen molar-refractivity contribution in [3.63, 3.8) is 0 Å². The zero-order valence-electron chi connectivity index (χ0n) is 8.50. The third-order valence-electron chi connectivity index (χ3n) is 2.02. The topological polar surface area (TPSA) is 55.1 Å². The van der Waals surface area contributed by atoms with Crippen molar-refractivity contribution in [1.82, 2.24) is 5.32 Å². The van der Waals surface area contributed by atoms with Crippen LogP contribution < -0.4 is 11.1 Å². The molecule has 1 aromatic carbocycles. The van der Waals surface area contributed by atoms with Gasteiger partial charge in [-0.1, -0.05) is 12.1 Å². The Balaban J connectivity index is 2.26. The molecular weight excluding hydrogens is 195 g/mol. The van der Waals surface area contributed by atoms with Gasteiger partial charge in [-0.2, -0.15) is 0 Å². The van der Waals surface area contributed by atoms with Crippen molar-refractivity contribution in [2.24, 2.45) is 5.73 Å². The van der Waals surface area contributed by atoms with E-state index >= 15 is 0 Å². The van der Waals surface area contributed by atoms with Gasteiger partial charge in [0.2, 0.25) is 5.91 Å². The predicted octanol–water partition coefficient (Wildman–Crippen LogP) is 0.833. The van der Waals surface area contributed by atoms with Gasteiger partial charge in [-0.15, -0.1) is 0 Å². The molecule has 0 aliphatic rings. The van der Waals surface area contributed by atoms with Crippen molar-refractivity contribution < 1.29 is 9.18 Å². The minimum atomic E-state index is -0.245. The summed E-state index contributed by atoms with van der Waals surface area (Å²) in [6, 6.07) is 6.25. The maximum Gasteiger partial charge on any atom is 0.221 e. The zero-order chi connectivity index (χ0) is 11.1. The Kier molecular flexibility index (Phi) is 4.77. The number of amides is 1. The van der Waals surface area contributed by atoms with E-state index in [9.17, 15) is 9.18 Å². The molecule has 0 atom stereocenters. The van der Waals surface area contributed by atoms with E-state index in [2.05, 4.69) is 5.32 Å². The van der Waals surface area contributed by atoms with Crippen LogP contribution in [0.4, 0.5) is 4.39 Å². The maximum atomic E-state index is 12.6. The first-order valence-corrected chi connectivity index (χ1v) is 4.93. The molecule has 3 N–H and O–H groups in total. The SMILES string of the molecule is NCCC(=O)NCCc1ccc(F)cc1. The van der Waals surface area contributed by atoms with Crippen LogP contribution in [0.15, 0.2) is 24.3 Å². The van der Waals surface area contributed by atoms with Crippen molar-refractivity contribution in [2.75, 3.05) is 13.1 Å². The molecule has 0 aromatic heterocycles. The van der Waals surface area contributed by atoms with Crippen LogP contribution in [-0.4, -0.2) is 19.0 Å². The first kappa shape index (κ1) is 11.7. The van der Waals surface area contributed by atoms with Gasteiger partial charge in [-0.3, -0.25) is 4.79 Å². The Morgan fingerprint density at radius 3 is 2.60 bits per heavy atom. The Hall–Kier alpha value is -1.42. The van der Waals surface area contributed by atoms with Crippen LogP contribution in [-0.2, 0) is 11.2 Å². The lowest BCUT2D eigenvalue weighted by Gasteiger charge is -2.04. The Morgan fingerprint density at radius 2 is 2.00 bits per heavy atom. The summed E-state index contributed by atoms with van der Waals surface area (Å²) in [6.07, 6.45) is 1.06. The maximum absolute atomic E-state index is 12.6. The first-order valence-electron chi connectivity index (χ1n) is 4.93. The summed E-state index contributed by atoms with van der Waals surface area (Å²) in [7, 11) is 0. The van der Waals surface area contributed by atoms with E-state index in [1.54, 1.807) is 12.1 Å². The molecule has 1 aromatic rings. The van der Waals surface area contributed by atoms with Crippen molar-refractivity contribution in [1.29, 1.82) is 0 Å². The smallest absolute Gasteiger partial charge is 0.221 e. The molecule has 15 heavy (non-hydrogen) atoms. The first-order chi connectivity index (χ1) is 7.22. The molecule has 82 valence electrons. The number of hydrogen-bond donors (Lipinski definition) is 2. The fourth-order valence-corrected chi connectivity index (χ4v) is 1.22. The molecule has 0 bridgehead atoms. The summed E-state index contributed by atoms with van der Waals surface area (Å²) in [5.74, 6) is -0.287. The number of rotatable bonds is 5. The molecule has 0 radical (unpaired) electrons. The summed E-state index contributed by atoms with van der Waals surface area (Å²) in [4.78, 5) is 11.0. The third-order valence-corrected chi connectivity index (χ3v) is 2.02. The molecule has 0 aliphatic carbocycles. The highest BCUT2D eigenvalue weighted by molar-refractivity contribution is 5.75. The molecule has 0 fully saturated rings. The lowest BCUT2D eigenvalue weighted by molar-refractivity contribution is -0.120. The van der Waals surface area contributed by atoms with Crippen LogP contribution in [0.3, 0.4) is 0 Å². The predicted molar refractivity (Wildman–Crippen MR) is 56.8 cm³/mol. The van der Waals surface area contributed by atoms with Crippen LogP contribution in [0, 0.1) is 5.82 Å². The lowest BCUT2D eigenvalue weighted by atomic mass is 10.1. The van der Waals surface area contributed by atoms with E-state index in [0.29, 0.717) is 25.9 Å². The van der Waals surface area contributed by atoms with Gasteiger partial charge < -0.3 is 11.1 Å². The number of halogens is 1. The van der Waals surface area contributed by atoms with E-state index in [1.807, 2.05) is 0 Å². The second-order valence-electron chi connectivity index (χ2n) is 3.27. The van der Waals surface area contributed by atoms with Gasteiger partial charge in [0.15, 0.2) is 0 Å². The number of hydrogen-bond acceptors (Lipinski definition) is 2. The number of nitrogens with one attached hydrogen (secondary N) is 1. The highest BCUT2D eigenvalue weighted by Crippen LogP contribution is 2.02. The van der Waals surface area contributed by atoms with E-state index in [-0.39, 0.29) is 11.7 Å². The van der Waals surface area contributed by atoms with Gasteiger partial charge in [-0.05, 0) is 24.1 Å². The molecule has 1 amide bonds. The second-order valence-corrected chi connectivity index (χ2v) is 3.27. The lowest BCUT2D eigenvalue weighted by Crippen LogP contribution is -2.27. The van der Waals surface area contributed by atoms with Crippen molar-refractivity contribution in [2.45, 2.75) is 12.8 Å². The molecule has 0 aliphatic heterocycles. The number of benzene rings is 1. The largest absolute Gasteiger partial charge is 0.356 e.